The van der Waals surface area contributed by atoms with Crippen molar-refractivity contribution in [1.82, 2.24) is 24.1 Å². The zero-order chi connectivity index (χ0) is 19.3. The number of hydrogen-bond acceptors (Lipinski definition) is 4. The highest BCUT2D eigenvalue weighted by molar-refractivity contribution is 5.80. The molecule has 1 aliphatic carbocycles. The Morgan fingerprint density at radius 1 is 1.07 bits per heavy atom. The van der Waals surface area contributed by atoms with Gasteiger partial charge in [0.25, 0.3) is 5.56 Å². The van der Waals surface area contributed by atoms with Gasteiger partial charge < -0.3 is 0 Å². The van der Waals surface area contributed by atoms with Crippen molar-refractivity contribution in [3.05, 3.63) is 75.8 Å². The first-order valence-electron chi connectivity index (χ1n) is 9.73. The van der Waals surface area contributed by atoms with Gasteiger partial charge in [0, 0.05) is 19.6 Å². The molecule has 0 spiro atoms. The predicted molar refractivity (Wildman–Crippen MR) is 109 cm³/mol. The number of para-hydroxylation sites is 1. The Morgan fingerprint density at radius 3 is 2.68 bits per heavy atom. The van der Waals surface area contributed by atoms with E-state index in [2.05, 4.69) is 46.3 Å². The fourth-order valence-electron chi connectivity index (χ4n) is 3.97. The second-order valence-electron chi connectivity index (χ2n) is 7.76. The summed E-state index contributed by atoms with van der Waals surface area (Å²) >= 11 is 0. The molecule has 2 aromatic carbocycles. The quantitative estimate of drug-likeness (QED) is 0.540. The zero-order valence-electron chi connectivity index (χ0n) is 16.2. The molecular weight excluding hydrogens is 350 g/mol. The van der Waals surface area contributed by atoms with Gasteiger partial charge in [-0.25, -0.2) is 0 Å². The van der Waals surface area contributed by atoms with Crippen LogP contribution in [0.4, 0.5) is 0 Å². The number of benzene rings is 2. The molecular formula is C22H23N5O. The zero-order valence-corrected chi connectivity index (χ0v) is 16.2. The molecule has 0 aliphatic heterocycles. The maximum atomic E-state index is 12.6. The Bertz CT molecular complexity index is 1230. The van der Waals surface area contributed by atoms with Crippen molar-refractivity contribution in [3.63, 3.8) is 0 Å². The van der Waals surface area contributed by atoms with Crippen molar-refractivity contribution in [2.75, 3.05) is 0 Å². The van der Waals surface area contributed by atoms with E-state index in [1.807, 2.05) is 28.7 Å². The lowest BCUT2D eigenvalue weighted by Crippen LogP contribution is -2.27. The average Bonchev–Trinajstić information content (AvgIpc) is 3.46. The van der Waals surface area contributed by atoms with Gasteiger partial charge in [0.2, 0.25) is 5.78 Å². The van der Waals surface area contributed by atoms with Crippen molar-refractivity contribution < 1.29 is 0 Å². The Morgan fingerprint density at radius 2 is 1.89 bits per heavy atom. The van der Waals surface area contributed by atoms with E-state index in [9.17, 15) is 4.79 Å². The van der Waals surface area contributed by atoms with Crippen LogP contribution in [0.25, 0.3) is 16.7 Å². The second kappa shape index (κ2) is 6.56. The van der Waals surface area contributed by atoms with Crippen LogP contribution in [0.15, 0.2) is 53.3 Å². The minimum absolute atomic E-state index is 0.0409. The molecule has 0 atom stereocenters. The van der Waals surface area contributed by atoms with Crippen LogP contribution in [0, 0.1) is 6.92 Å². The number of nitrogens with zero attached hydrogens (tertiary/aromatic N) is 5. The number of hydrogen-bond donors (Lipinski definition) is 0. The van der Waals surface area contributed by atoms with Crippen LogP contribution in [-0.4, -0.2) is 30.1 Å². The topological polar surface area (TPSA) is 55.4 Å². The van der Waals surface area contributed by atoms with E-state index in [1.54, 1.807) is 11.6 Å². The summed E-state index contributed by atoms with van der Waals surface area (Å²) in [5.41, 5.74) is 3.42. The van der Waals surface area contributed by atoms with E-state index in [4.69, 9.17) is 0 Å². The van der Waals surface area contributed by atoms with E-state index >= 15 is 0 Å². The molecule has 5 rings (SSSR count). The summed E-state index contributed by atoms with van der Waals surface area (Å²) in [5.74, 6) is 1.46. The molecule has 2 aromatic heterocycles. The lowest BCUT2D eigenvalue weighted by atomic mass is 10.1. The molecule has 2 heterocycles. The molecule has 0 bridgehead atoms. The number of fused-ring (bicyclic) bond motifs is 3. The van der Waals surface area contributed by atoms with Gasteiger partial charge in [-0.2, -0.15) is 0 Å². The second-order valence-corrected chi connectivity index (χ2v) is 7.76. The minimum Gasteiger partial charge on any atom is -0.289 e. The van der Waals surface area contributed by atoms with Crippen molar-refractivity contribution in [3.8, 4) is 0 Å². The summed E-state index contributed by atoms with van der Waals surface area (Å²) in [6.07, 6.45) is 2.45. The van der Waals surface area contributed by atoms with Crippen molar-refractivity contribution >= 4 is 16.7 Å². The maximum absolute atomic E-state index is 12.6. The molecule has 1 saturated carbocycles. The van der Waals surface area contributed by atoms with Crippen LogP contribution in [0.1, 0.15) is 29.8 Å². The van der Waals surface area contributed by atoms with E-state index in [-0.39, 0.29) is 5.56 Å². The van der Waals surface area contributed by atoms with Gasteiger partial charge in [-0.1, -0.05) is 42.0 Å². The SMILES string of the molecule is Cc1cccc(CN(Cc2nnc3n(C)c(=O)c4ccccc4n23)C2CC2)c1. The molecule has 1 aliphatic rings. The van der Waals surface area contributed by atoms with Gasteiger partial charge in [0.15, 0.2) is 5.82 Å². The highest BCUT2D eigenvalue weighted by atomic mass is 16.1. The Kier molecular flexibility index (Phi) is 4.02. The summed E-state index contributed by atoms with van der Waals surface area (Å²) in [7, 11) is 1.76. The number of aryl methyl sites for hydroxylation is 2. The Hall–Kier alpha value is -2.99. The van der Waals surface area contributed by atoms with Crippen molar-refractivity contribution in [2.24, 2.45) is 7.05 Å². The molecule has 6 heteroatoms. The van der Waals surface area contributed by atoms with E-state index in [1.165, 1.54) is 24.0 Å². The van der Waals surface area contributed by atoms with E-state index in [0.717, 1.165) is 17.9 Å². The van der Waals surface area contributed by atoms with Gasteiger partial charge in [0.05, 0.1) is 17.4 Å². The normalized spacial score (nSPS) is 14.4. The standard InChI is InChI=1S/C22H23N5O/c1-15-6-5-7-16(12-15)13-26(17-10-11-17)14-20-23-24-22-25(2)21(28)18-8-3-4-9-19(18)27(20)22/h3-9,12,17H,10-11,13-14H2,1-2H3. The predicted octanol–water partition coefficient (Wildman–Crippen LogP) is 3.05. The van der Waals surface area contributed by atoms with Crippen LogP contribution in [0.3, 0.4) is 0 Å². The van der Waals surface area contributed by atoms with Gasteiger partial charge in [0.1, 0.15) is 0 Å². The third kappa shape index (κ3) is 2.90. The van der Waals surface area contributed by atoms with Crippen molar-refractivity contribution in [2.45, 2.75) is 38.9 Å². The molecule has 28 heavy (non-hydrogen) atoms. The summed E-state index contributed by atoms with van der Waals surface area (Å²) < 4.78 is 3.61. The molecule has 0 unspecified atom stereocenters. The van der Waals surface area contributed by atoms with Crippen LogP contribution < -0.4 is 5.56 Å². The monoisotopic (exact) mass is 373 g/mol. The van der Waals surface area contributed by atoms with Crippen molar-refractivity contribution in [1.29, 1.82) is 0 Å². The molecule has 6 nitrogen and oxygen atoms in total. The third-order valence-corrected chi connectivity index (χ3v) is 5.57. The molecule has 0 radical (unpaired) electrons. The van der Waals surface area contributed by atoms with Crippen LogP contribution in [0.2, 0.25) is 0 Å². The van der Waals surface area contributed by atoms with Crippen LogP contribution in [-0.2, 0) is 20.1 Å². The maximum Gasteiger partial charge on any atom is 0.262 e. The molecule has 4 aromatic rings. The highest BCUT2D eigenvalue weighted by Gasteiger charge is 2.30. The van der Waals surface area contributed by atoms with Gasteiger partial charge in [-0.05, 0) is 37.5 Å². The molecule has 142 valence electrons. The van der Waals surface area contributed by atoms with Crippen LogP contribution >= 0.6 is 0 Å². The summed E-state index contributed by atoms with van der Waals surface area (Å²) in [6, 6.07) is 17.0. The highest BCUT2D eigenvalue weighted by Crippen LogP contribution is 2.30. The minimum atomic E-state index is -0.0409. The lowest BCUT2D eigenvalue weighted by Gasteiger charge is -2.21. The van der Waals surface area contributed by atoms with E-state index in [0.29, 0.717) is 23.8 Å². The lowest BCUT2D eigenvalue weighted by molar-refractivity contribution is 0.239. The van der Waals surface area contributed by atoms with Gasteiger partial charge in [-0.3, -0.25) is 18.7 Å². The van der Waals surface area contributed by atoms with Gasteiger partial charge in [-0.15, -0.1) is 10.2 Å². The smallest absolute Gasteiger partial charge is 0.262 e. The van der Waals surface area contributed by atoms with E-state index < -0.39 is 0 Å². The Balaban J connectivity index is 1.58. The summed E-state index contributed by atoms with van der Waals surface area (Å²) in [4.78, 5) is 15.1. The number of aromatic nitrogens is 4. The Labute approximate surface area is 163 Å². The molecule has 0 saturated heterocycles. The molecule has 0 N–H and O–H groups in total. The molecule has 1 fully saturated rings. The summed E-state index contributed by atoms with van der Waals surface area (Å²) in [6.45, 7) is 3.73. The number of rotatable bonds is 5. The fourth-order valence-corrected chi connectivity index (χ4v) is 3.97. The first kappa shape index (κ1) is 17.1. The average molecular weight is 373 g/mol. The first-order chi connectivity index (χ1) is 13.6. The summed E-state index contributed by atoms with van der Waals surface area (Å²) in [5, 5.41) is 9.49. The van der Waals surface area contributed by atoms with Crippen LogP contribution in [0.5, 0.6) is 0 Å². The fraction of sp³-hybridized carbons (Fsp3) is 0.318. The van der Waals surface area contributed by atoms with Gasteiger partial charge >= 0.3 is 0 Å². The first-order valence-corrected chi connectivity index (χ1v) is 9.73. The largest absolute Gasteiger partial charge is 0.289 e. The molecule has 0 amide bonds. The third-order valence-electron chi connectivity index (χ3n) is 5.57.